The van der Waals surface area contributed by atoms with Crippen LogP contribution in [0.3, 0.4) is 0 Å². The van der Waals surface area contributed by atoms with Gasteiger partial charge >= 0.3 is 5.97 Å². The molecule has 104 valence electrons. The van der Waals surface area contributed by atoms with Gasteiger partial charge in [-0.2, -0.15) is 0 Å². The van der Waals surface area contributed by atoms with Crippen molar-refractivity contribution >= 4 is 5.97 Å². The zero-order valence-electron chi connectivity index (χ0n) is 10.9. The predicted octanol–water partition coefficient (Wildman–Crippen LogP) is 2.24. The van der Waals surface area contributed by atoms with Crippen LogP contribution < -0.4 is 10.5 Å². The zero-order chi connectivity index (χ0) is 14.0. The molecule has 1 aliphatic carbocycles. The van der Waals surface area contributed by atoms with Crippen molar-refractivity contribution in [3.05, 3.63) is 29.6 Å². The number of hydrogen-bond donors (Lipinski definition) is 2. The number of carboxylic acid groups (broad SMARTS) is 1. The number of carbonyl (C=O) groups is 1. The van der Waals surface area contributed by atoms with Gasteiger partial charge in [0.05, 0.1) is 0 Å². The van der Waals surface area contributed by atoms with Gasteiger partial charge in [-0.25, -0.2) is 4.39 Å². The summed E-state index contributed by atoms with van der Waals surface area (Å²) in [6.07, 6.45) is 1.64. The molecule has 0 amide bonds. The smallest absolute Gasteiger partial charge is 0.323 e. The lowest BCUT2D eigenvalue weighted by Gasteiger charge is -2.34. The van der Waals surface area contributed by atoms with E-state index in [2.05, 4.69) is 0 Å². The van der Waals surface area contributed by atoms with E-state index in [1.807, 2.05) is 6.92 Å². The first kappa shape index (κ1) is 13.8. The average molecular weight is 267 g/mol. The van der Waals surface area contributed by atoms with Crippen LogP contribution in [0.4, 0.5) is 4.39 Å². The molecule has 4 nitrogen and oxygen atoms in total. The summed E-state index contributed by atoms with van der Waals surface area (Å²) >= 11 is 0. The summed E-state index contributed by atoms with van der Waals surface area (Å²) < 4.78 is 19.2. The fourth-order valence-corrected chi connectivity index (χ4v) is 2.43. The molecule has 0 radical (unpaired) electrons. The number of benzene rings is 1. The molecule has 1 aliphatic rings. The Morgan fingerprint density at radius 3 is 3.00 bits per heavy atom. The summed E-state index contributed by atoms with van der Waals surface area (Å²) in [6.45, 7) is 1.84. The number of halogens is 1. The highest BCUT2D eigenvalue weighted by atomic mass is 19.1. The first-order valence-corrected chi connectivity index (χ1v) is 6.36. The van der Waals surface area contributed by atoms with Crippen molar-refractivity contribution in [2.24, 2.45) is 5.73 Å². The molecule has 1 saturated carbocycles. The van der Waals surface area contributed by atoms with E-state index in [1.54, 1.807) is 12.1 Å². The molecule has 2 unspecified atom stereocenters. The molecular formula is C14H18FNO3. The van der Waals surface area contributed by atoms with E-state index in [0.717, 1.165) is 5.56 Å². The molecule has 0 saturated heterocycles. The molecule has 19 heavy (non-hydrogen) atoms. The first-order chi connectivity index (χ1) is 8.90. The molecular weight excluding hydrogens is 249 g/mol. The molecule has 0 spiro atoms. The Bertz CT molecular complexity index is 492. The van der Waals surface area contributed by atoms with Gasteiger partial charge in [0.1, 0.15) is 11.6 Å². The van der Waals surface area contributed by atoms with E-state index >= 15 is 0 Å². The molecule has 2 atom stereocenters. The van der Waals surface area contributed by atoms with Crippen molar-refractivity contribution < 1.29 is 19.0 Å². The maximum absolute atomic E-state index is 13.6. The van der Waals surface area contributed by atoms with E-state index in [1.165, 1.54) is 6.07 Å². The van der Waals surface area contributed by atoms with Crippen LogP contribution in [0.5, 0.6) is 5.75 Å². The largest absolute Gasteiger partial charge is 0.487 e. The second-order valence-corrected chi connectivity index (χ2v) is 5.23. The topological polar surface area (TPSA) is 72.5 Å². The van der Waals surface area contributed by atoms with Gasteiger partial charge in [0.2, 0.25) is 0 Å². The lowest BCUT2D eigenvalue weighted by atomic mass is 9.81. The van der Waals surface area contributed by atoms with E-state index < -0.39 is 17.3 Å². The van der Waals surface area contributed by atoms with Crippen LogP contribution in [0, 0.1) is 12.7 Å². The Morgan fingerprint density at radius 1 is 1.58 bits per heavy atom. The Balaban J connectivity index is 2.11. The minimum absolute atomic E-state index is 0.166. The fraction of sp³-hybridized carbons (Fsp3) is 0.500. The standard InChI is InChI=1S/C14H18FNO3/c1-9-4-5-11(15)12(7-9)19-10-3-2-6-14(16,8-10)13(17)18/h4-5,7,10H,2-3,6,8,16H2,1H3,(H,17,18). The molecule has 0 aromatic heterocycles. The Labute approximate surface area is 111 Å². The second kappa shape index (κ2) is 5.17. The SMILES string of the molecule is Cc1ccc(F)c(OC2CCCC(N)(C(=O)O)C2)c1. The Morgan fingerprint density at radius 2 is 2.32 bits per heavy atom. The van der Waals surface area contributed by atoms with Crippen molar-refractivity contribution in [1.82, 2.24) is 0 Å². The highest BCUT2D eigenvalue weighted by Crippen LogP contribution is 2.30. The number of nitrogens with two attached hydrogens (primary N) is 1. The maximum Gasteiger partial charge on any atom is 0.323 e. The summed E-state index contributed by atoms with van der Waals surface area (Å²) in [5, 5.41) is 9.13. The number of aryl methyl sites for hydroxylation is 1. The van der Waals surface area contributed by atoms with Crippen molar-refractivity contribution in [2.45, 2.75) is 44.2 Å². The highest BCUT2D eigenvalue weighted by molar-refractivity contribution is 5.78. The maximum atomic E-state index is 13.6. The van der Waals surface area contributed by atoms with Crippen LogP contribution in [-0.2, 0) is 4.79 Å². The van der Waals surface area contributed by atoms with E-state index in [4.69, 9.17) is 15.6 Å². The Kier molecular flexibility index (Phi) is 3.75. The van der Waals surface area contributed by atoms with Crippen molar-refractivity contribution in [3.63, 3.8) is 0 Å². The molecule has 1 aromatic rings. The normalized spacial score (nSPS) is 27.0. The molecule has 0 aliphatic heterocycles. The van der Waals surface area contributed by atoms with Crippen molar-refractivity contribution in [3.8, 4) is 5.75 Å². The van der Waals surface area contributed by atoms with Gasteiger partial charge in [0, 0.05) is 6.42 Å². The molecule has 5 heteroatoms. The first-order valence-electron chi connectivity index (χ1n) is 6.36. The number of carboxylic acids is 1. The summed E-state index contributed by atoms with van der Waals surface area (Å²) in [4.78, 5) is 11.1. The lowest BCUT2D eigenvalue weighted by Crippen LogP contribution is -2.53. The van der Waals surface area contributed by atoms with Crippen molar-refractivity contribution in [1.29, 1.82) is 0 Å². The van der Waals surface area contributed by atoms with Gasteiger partial charge in [-0.3, -0.25) is 4.79 Å². The highest BCUT2D eigenvalue weighted by Gasteiger charge is 2.40. The number of ether oxygens (including phenoxy) is 1. The number of rotatable bonds is 3. The van der Waals surface area contributed by atoms with Gasteiger partial charge < -0.3 is 15.6 Å². The van der Waals surface area contributed by atoms with Gasteiger partial charge in [-0.05, 0) is 43.9 Å². The van der Waals surface area contributed by atoms with Crippen LogP contribution in [0.25, 0.3) is 0 Å². The molecule has 0 heterocycles. The van der Waals surface area contributed by atoms with Gasteiger partial charge in [0.15, 0.2) is 11.6 Å². The molecule has 0 bridgehead atoms. The minimum atomic E-state index is -1.26. The third-order valence-electron chi connectivity index (χ3n) is 3.55. The van der Waals surface area contributed by atoms with Crippen LogP contribution in [0.2, 0.25) is 0 Å². The molecule has 3 N–H and O–H groups in total. The number of hydrogen-bond acceptors (Lipinski definition) is 3. The second-order valence-electron chi connectivity index (χ2n) is 5.23. The summed E-state index contributed by atoms with van der Waals surface area (Å²) in [5.41, 5.74) is 5.47. The van der Waals surface area contributed by atoms with E-state index in [0.29, 0.717) is 19.3 Å². The monoisotopic (exact) mass is 267 g/mol. The number of aliphatic carboxylic acids is 1. The zero-order valence-corrected chi connectivity index (χ0v) is 10.9. The van der Waals surface area contributed by atoms with Crippen molar-refractivity contribution in [2.75, 3.05) is 0 Å². The summed E-state index contributed by atoms with van der Waals surface area (Å²) in [6, 6.07) is 4.62. The predicted molar refractivity (Wildman–Crippen MR) is 68.6 cm³/mol. The third kappa shape index (κ3) is 3.04. The van der Waals surface area contributed by atoms with E-state index in [-0.39, 0.29) is 18.3 Å². The Hall–Kier alpha value is -1.62. The van der Waals surface area contributed by atoms with Crippen LogP contribution in [0.15, 0.2) is 18.2 Å². The quantitative estimate of drug-likeness (QED) is 0.881. The van der Waals surface area contributed by atoms with Gasteiger partial charge in [0.25, 0.3) is 0 Å². The van der Waals surface area contributed by atoms with Gasteiger partial charge in [-0.1, -0.05) is 6.07 Å². The minimum Gasteiger partial charge on any atom is -0.487 e. The fourth-order valence-electron chi connectivity index (χ4n) is 2.43. The summed E-state index contributed by atoms with van der Waals surface area (Å²) in [7, 11) is 0. The summed E-state index contributed by atoms with van der Waals surface area (Å²) in [5.74, 6) is -1.29. The van der Waals surface area contributed by atoms with E-state index in [9.17, 15) is 9.18 Å². The van der Waals surface area contributed by atoms with Crippen LogP contribution >= 0.6 is 0 Å². The third-order valence-corrected chi connectivity index (χ3v) is 3.55. The average Bonchev–Trinajstić information content (AvgIpc) is 2.34. The van der Waals surface area contributed by atoms with Crippen LogP contribution in [0.1, 0.15) is 31.2 Å². The molecule has 2 rings (SSSR count). The van der Waals surface area contributed by atoms with Crippen LogP contribution in [-0.4, -0.2) is 22.7 Å². The lowest BCUT2D eigenvalue weighted by molar-refractivity contribution is -0.145. The molecule has 1 fully saturated rings. The van der Waals surface area contributed by atoms with Gasteiger partial charge in [-0.15, -0.1) is 0 Å². The molecule has 1 aromatic carbocycles.